The number of amides is 1. The second-order valence-electron chi connectivity index (χ2n) is 4.59. The molecule has 0 unspecified atom stereocenters. The predicted molar refractivity (Wildman–Crippen MR) is 64.3 cm³/mol. The molecule has 5 heteroatoms. The van der Waals surface area contributed by atoms with E-state index in [1.165, 1.54) is 6.07 Å². The molecule has 0 aromatic heterocycles. The SMILES string of the molecule is C[C@H]1NCCC[C@@H]1NC(=O)c1ccc(F)cc1F. The normalized spacial score (nSPS) is 23.7. The minimum atomic E-state index is -0.830. The van der Waals surface area contributed by atoms with Crippen molar-refractivity contribution in [2.45, 2.75) is 31.8 Å². The summed E-state index contributed by atoms with van der Waals surface area (Å²) in [6, 6.07) is 3.11. The Morgan fingerprint density at radius 3 is 2.89 bits per heavy atom. The van der Waals surface area contributed by atoms with Crippen LogP contribution in [0.3, 0.4) is 0 Å². The number of rotatable bonds is 2. The number of carbonyl (C=O) groups is 1. The molecule has 2 rings (SSSR count). The van der Waals surface area contributed by atoms with Crippen LogP contribution in [-0.2, 0) is 0 Å². The third kappa shape index (κ3) is 2.85. The summed E-state index contributed by atoms with van der Waals surface area (Å²) < 4.78 is 26.2. The van der Waals surface area contributed by atoms with Gasteiger partial charge in [-0.15, -0.1) is 0 Å². The molecule has 0 spiro atoms. The fraction of sp³-hybridized carbons (Fsp3) is 0.462. The van der Waals surface area contributed by atoms with Crippen LogP contribution in [-0.4, -0.2) is 24.5 Å². The molecule has 1 aliphatic rings. The lowest BCUT2D eigenvalue weighted by Gasteiger charge is -2.30. The largest absolute Gasteiger partial charge is 0.348 e. The number of nitrogens with one attached hydrogen (secondary N) is 2. The summed E-state index contributed by atoms with van der Waals surface area (Å²) in [6.45, 7) is 2.91. The average Bonchev–Trinajstić information content (AvgIpc) is 2.32. The molecule has 0 saturated carbocycles. The quantitative estimate of drug-likeness (QED) is 0.845. The Morgan fingerprint density at radius 1 is 1.44 bits per heavy atom. The Morgan fingerprint density at radius 2 is 2.22 bits per heavy atom. The molecule has 1 aromatic rings. The van der Waals surface area contributed by atoms with E-state index in [-0.39, 0.29) is 17.6 Å². The van der Waals surface area contributed by atoms with Gasteiger partial charge in [-0.25, -0.2) is 8.78 Å². The number of carbonyl (C=O) groups excluding carboxylic acids is 1. The highest BCUT2D eigenvalue weighted by molar-refractivity contribution is 5.94. The van der Waals surface area contributed by atoms with Crippen LogP contribution in [0.2, 0.25) is 0 Å². The molecule has 1 saturated heterocycles. The second kappa shape index (κ2) is 5.44. The first-order valence-corrected chi connectivity index (χ1v) is 6.07. The van der Waals surface area contributed by atoms with Gasteiger partial charge < -0.3 is 10.6 Å². The summed E-state index contributed by atoms with van der Waals surface area (Å²) >= 11 is 0. The van der Waals surface area contributed by atoms with Crippen LogP contribution in [0.25, 0.3) is 0 Å². The molecule has 0 radical (unpaired) electrons. The fourth-order valence-electron chi connectivity index (χ4n) is 2.16. The number of hydrogen-bond donors (Lipinski definition) is 2. The molecule has 2 atom stereocenters. The standard InChI is InChI=1S/C13H16F2N2O/c1-8-12(3-2-6-16-8)17-13(18)10-5-4-9(14)7-11(10)15/h4-5,7-8,12,16H,2-3,6H2,1H3,(H,17,18)/t8-,12+/m1/s1. The van der Waals surface area contributed by atoms with E-state index >= 15 is 0 Å². The number of hydrogen-bond acceptors (Lipinski definition) is 2. The van der Waals surface area contributed by atoms with Crippen molar-refractivity contribution in [2.24, 2.45) is 0 Å². The van der Waals surface area contributed by atoms with Crippen LogP contribution in [0.5, 0.6) is 0 Å². The monoisotopic (exact) mass is 254 g/mol. The predicted octanol–water partition coefficient (Wildman–Crippen LogP) is 1.84. The highest BCUT2D eigenvalue weighted by Gasteiger charge is 2.23. The number of piperidine rings is 1. The van der Waals surface area contributed by atoms with Crippen molar-refractivity contribution in [1.29, 1.82) is 0 Å². The highest BCUT2D eigenvalue weighted by Crippen LogP contribution is 2.12. The fourth-order valence-corrected chi connectivity index (χ4v) is 2.16. The maximum Gasteiger partial charge on any atom is 0.254 e. The third-order valence-corrected chi connectivity index (χ3v) is 3.25. The zero-order chi connectivity index (χ0) is 13.1. The minimum Gasteiger partial charge on any atom is -0.348 e. The van der Waals surface area contributed by atoms with Crippen molar-refractivity contribution in [1.82, 2.24) is 10.6 Å². The Bertz CT molecular complexity index is 451. The van der Waals surface area contributed by atoms with E-state index in [4.69, 9.17) is 0 Å². The van der Waals surface area contributed by atoms with Crippen LogP contribution >= 0.6 is 0 Å². The summed E-state index contributed by atoms with van der Waals surface area (Å²) in [4.78, 5) is 11.9. The first-order chi connectivity index (χ1) is 8.58. The van der Waals surface area contributed by atoms with Crippen LogP contribution in [0, 0.1) is 11.6 Å². The molecular weight excluding hydrogens is 238 g/mol. The van der Waals surface area contributed by atoms with Gasteiger partial charge in [-0.05, 0) is 38.4 Å². The number of benzene rings is 1. The minimum absolute atomic E-state index is 0.0179. The van der Waals surface area contributed by atoms with E-state index in [1.54, 1.807) is 0 Å². The average molecular weight is 254 g/mol. The Hall–Kier alpha value is -1.49. The maximum absolute atomic E-state index is 13.4. The van der Waals surface area contributed by atoms with Crippen molar-refractivity contribution in [2.75, 3.05) is 6.54 Å². The Kier molecular flexibility index (Phi) is 3.91. The van der Waals surface area contributed by atoms with Gasteiger partial charge in [0.2, 0.25) is 0 Å². The van der Waals surface area contributed by atoms with Crippen LogP contribution in [0.1, 0.15) is 30.1 Å². The second-order valence-corrected chi connectivity index (χ2v) is 4.59. The lowest BCUT2D eigenvalue weighted by atomic mass is 9.99. The summed E-state index contributed by atoms with van der Waals surface area (Å²) in [6.07, 6.45) is 1.84. The zero-order valence-electron chi connectivity index (χ0n) is 10.2. The van der Waals surface area contributed by atoms with Gasteiger partial charge in [0.25, 0.3) is 5.91 Å². The van der Waals surface area contributed by atoms with E-state index in [0.717, 1.165) is 31.5 Å². The van der Waals surface area contributed by atoms with Crippen molar-refractivity contribution in [3.05, 3.63) is 35.4 Å². The molecular formula is C13H16F2N2O. The molecule has 98 valence electrons. The molecule has 3 nitrogen and oxygen atoms in total. The van der Waals surface area contributed by atoms with Gasteiger partial charge in [0.1, 0.15) is 11.6 Å². The molecule has 18 heavy (non-hydrogen) atoms. The van der Waals surface area contributed by atoms with Gasteiger partial charge in [0.15, 0.2) is 0 Å². The molecule has 0 aliphatic carbocycles. The lowest BCUT2D eigenvalue weighted by molar-refractivity contribution is 0.0915. The smallest absolute Gasteiger partial charge is 0.254 e. The van der Waals surface area contributed by atoms with Crippen molar-refractivity contribution < 1.29 is 13.6 Å². The summed E-state index contributed by atoms with van der Waals surface area (Å²) in [7, 11) is 0. The first-order valence-electron chi connectivity index (χ1n) is 6.07. The topological polar surface area (TPSA) is 41.1 Å². The van der Waals surface area contributed by atoms with Crippen LogP contribution in [0.4, 0.5) is 8.78 Å². The molecule has 1 aliphatic heterocycles. The lowest BCUT2D eigenvalue weighted by Crippen LogP contribution is -2.52. The van der Waals surface area contributed by atoms with Gasteiger partial charge in [0, 0.05) is 18.2 Å². The molecule has 1 fully saturated rings. The molecule has 2 N–H and O–H groups in total. The van der Waals surface area contributed by atoms with E-state index in [0.29, 0.717) is 0 Å². The van der Waals surface area contributed by atoms with Crippen LogP contribution < -0.4 is 10.6 Å². The van der Waals surface area contributed by atoms with Crippen molar-refractivity contribution >= 4 is 5.91 Å². The van der Waals surface area contributed by atoms with E-state index in [2.05, 4.69) is 10.6 Å². The molecule has 1 amide bonds. The van der Waals surface area contributed by atoms with Gasteiger partial charge in [-0.2, -0.15) is 0 Å². The van der Waals surface area contributed by atoms with Crippen molar-refractivity contribution in [3.63, 3.8) is 0 Å². The Labute approximate surface area is 105 Å². The van der Waals surface area contributed by atoms with E-state index in [9.17, 15) is 13.6 Å². The van der Waals surface area contributed by atoms with Gasteiger partial charge in [-0.1, -0.05) is 0 Å². The Balaban J connectivity index is 2.07. The van der Waals surface area contributed by atoms with Gasteiger partial charge in [-0.3, -0.25) is 4.79 Å². The summed E-state index contributed by atoms with van der Waals surface area (Å²) in [5, 5.41) is 6.03. The molecule has 0 bridgehead atoms. The molecule has 1 aromatic carbocycles. The number of halogens is 2. The maximum atomic E-state index is 13.4. The van der Waals surface area contributed by atoms with Gasteiger partial charge >= 0.3 is 0 Å². The van der Waals surface area contributed by atoms with E-state index < -0.39 is 17.5 Å². The van der Waals surface area contributed by atoms with Crippen molar-refractivity contribution in [3.8, 4) is 0 Å². The molecule has 1 heterocycles. The summed E-state index contributed by atoms with van der Waals surface area (Å²) in [5.74, 6) is -2.01. The van der Waals surface area contributed by atoms with E-state index in [1.807, 2.05) is 6.92 Å². The van der Waals surface area contributed by atoms with Gasteiger partial charge in [0.05, 0.1) is 5.56 Å². The highest BCUT2D eigenvalue weighted by atomic mass is 19.1. The first kappa shape index (κ1) is 13.0. The third-order valence-electron chi connectivity index (χ3n) is 3.25. The summed E-state index contributed by atoms with van der Waals surface area (Å²) in [5.41, 5.74) is -0.117. The van der Waals surface area contributed by atoms with Crippen LogP contribution in [0.15, 0.2) is 18.2 Å². The zero-order valence-corrected chi connectivity index (χ0v) is 10.2.